The number of halogens is 1. The van der Waals surface area contributed by atoms with Gasteiger partial charge in [-0.25, -0.2) is 0 Å². The first-order valence-corrected chi connectivity index (χ1v) is 7.06. The van der Waals surface area contributed by atoms with Crippen molar-refractivity contribution in [1.29, 1.82) is 0 Å². The summed E-state index contributed by atoms with van der Waals surface area (Å²) < 4.78 is 0. The molecule has 0 fully saturated rings. The molecule has 19 heavy (non-hydrogen) atoms. The van der Waals surface area contributed by atoms with Crippen LogP contribution in [0.25, 0.3) is 0 Å². The molecule has 0 unspecified atom stereocenters. The second kappa shape index (κ2) is 5.63. The molecule has 2 aromatic rings. The molecule has 0 aliphatic rings. The van der Waals surface area contributed by atoms with E-state index in [1.165, 1.54) is 10.4 Å². The van der Waals surface area contributed by atoms with E-state index in [1.54, 1.807) is 29.5 Å². The van der Waals surface area contributed by atoms with E-state index in [-0.39, 0.29) is 5.91 Å². The molecular formula is C14H15ClN2OS. The summed E-state index contributed by atoms with van der Waals surface area (Å²) in [7, 11) is 0. The summed E-state index contributed by atoms with van der Waals surface area (Å²) in [4.78, 5) is 14.4. The maximum atomic E-state index is 12.0. The summed E-state index contributed by atoms with van der Waals surface area (Å²) in [5.74, 6) is -0.207. The third-order valence-electron chi connectivity index (χ3n) is 2.88. The lowest BCUT2D eigenvalue weighted by atomic mass is 10.2. The fraction of sp³-hybridized carbons (Fsp3) is 0.214. The van der Waals surface area contributed by atoms with Gasteiger partial charge in [0.1, 0.15) is 0 Å². The molecule has 3 N–H and O–H groups in total. The Labute approximate surface area is 121 Å². The molecule has 0 aliphatic heterocycles. The van der Waals surface area contributed by atoms with Crippen molar-refractivity contribution in [3.05, 3.63) is 50.2 Å². The van der Waals surface area contributed by atoms with Gasteiger partial charge in [0.05, 0.1) is 17.1 Å². The Bertz CT molecular complexity index is 602. The SMILES string of the molecule is Cc1cc(CNC(=O)c2cc(N)ccc2Cl)sc1C. The molecule has 0 spiro atoms. The summed E-state index contributed by atoms with van der Waals surface area (Å²) in [5, 5.41) is 3.26. The van der Waals surface area contributed by atoms with E-state index in [4.69, 9.17) is 17.3 Å². The first-order valence-electron chi connectivity index (χ1n) is 5.86. The lowest BCUT2D eigenvalue weighted by Crippen LogP contribution is -2.22. The Hall–Kier alpha value is -1.52. The highest BCUT2D eigenvalue weighted by atomic mass is 35.5. The number of benzene rings is 1. The standard InChI is InChI=1S/C14H15ClN2OS/c1-8-5-11(19-9(8)2)7-17-14(18)12-6-10(16)3-4-13(12)15/h3-6H,7,16H2,1-2H3,(H,17,18). The zero-order valence-electron chi connectivity index (χ0n) is 10.8. The third kappa shape index (κ3) is 3.28. The van der Waals surface area contributed by atoms with Crippen molar-refractivity contribution in [3.63, 3.8) is 0 Å². The van der Waals surface area contributed by atoms with Gasteiger partial charge in [0.15, 0.2) is 0 Å². The Morgan fingerprint density at radius 1 is 1.37 bits per heavy atom. The molecule has 1 aromatic carbocycles. The van der Waals surface area contributed by atoms with Crippen molar-refractivity contribution in [2.24, 2.45) is 0 Å². The average Bonchev–Trinajstić information content (AvgIpc) is 2.69. The number of carbonyl (C=O) groups excluding carboxylic acids is 1. The number of carbonyl (C=O) groups is 1. The molecule has 1 heterocycles. The lowest BCUT2D eigenvalue weighted by Gasteiger charge is -2.06. The molecule has 0 saturated carbocycles. The highest BCUT2D eigenvalue weighted by Gasteiger charge is 2.11. The average molecular weight is 295 g/mol. The van der Waals surface area contributed by atoms with Crippen LogP contribution in [-0.2, 0) is 6.54 Å². The quantitative estimate of drug-likeness (QED) is 0.851. The fourth-order valence-electron chi connectivity index (χ4n) is 1.72. The van der Waals surface area contributed by atoms with Crippen LogP contribution < -0.4 is 11.1 Å². The minimum atomic E-state index is -0.207. The van der Waals surface area contributed by atoms with Crippen LogP contribution in [0.1, 0.15) is 25.7 Å². The van der Waals surface area contributed by atoms with Crippen molar-refractivity contribution in [2.45, 2.75) is 20.4 Å². The van der Waals surface area contributed by atoms with Gasteiger partial charge in [-0.1, -0.05) is 11.6 Å². The van der Waals surface area contributed by atoms with Crippen LogP contribution in [0, 0.1) is 13.8 Å². The molecule has 1 amide bonds. The minimum absolute atomic E-state index is 0.207. The maximum absolute atomic E-state index is 12.0. The number of rotatable bonds is 3. The number of nitrogens with two attached hydrogens (primary N) is 1. The van der Waals surface area contributed by atoms with E-state index in [2.05, 4.69) is 25.2 Å². The van der Waals surface area contributed by atoms with E-state index in [0.717, 1.165) is 4.88 Å². The van der Waals surface area contributed by atoms with Crippen molar-refractivity contribution >= 4 is 34.5 Å². The number of aryl methyl sites for hydroxylation is 2. The van der Waals surface area contributed by atoms with Gasteiger partial charge in [0.2, 0.25) is 0 Å². The summed E-state index contributed by atoms with van der Waals surface area (Å²) >= 11 is 7.67. The Morgan fingerprint density at radius 3 is 2.74 bits per heavy atom. The molecule has 0 bridgehead atoms. The first kappa shape index (κ1) is 13.9. The summed E-state index contributed by atoms with van der Waals surface area (Å²) in [6, 6.07) is 6.97. The van der Waals surface area contributed by atoms with Gasteiger partial charge < -0.3 is 11.1 Å². The highest BCUT2D eigenvalue weighted by molar-refractivity contribution is 7.12. The zero-order valence-corrected chi connectivity index (χ0v) is 12.4. The predicted molar refractivity (Wildman–Crippen MR) is 80.8 cm³/mol. The number of amides is 1. The van der Waals surface area contributed by atoms with E-state index in [1.807, 2.05) is 0 Å². The number of nitrogen functional groups attached to an aromatic ring is 1. The first-order chi connectivity index (χ1) is 8.97. The van der Waals surface area contributed by atoms with Crippen molar-refractivity contribution in [3.8, 4) is 0 Å². The summed E-state index contributed by atoms with van der Waals surface area (Å²) in [5.41, 5.74) is 7.84. The second-order valence-corrected chi connectivity index (χ2v) is 6.12. The lowest BCUT2D eigenvalue weighted by molar-refractivity contribution is 0.0951. The number of nitrogens with one attached hydrogen (secondary N) is 1. The Kier molecular flexibility index (Phi) is 4.12. The second-order valence-electron chi connectivity index (χ2n) is 4.37. The van der Waals surface area contributed by atoms with Crippen LogP contribution in [0.15, 0.2) is 24.3 Å². The van der Waals surface area contributed by atoms with Crippen LogP contribution in [0.3, 0.4) is 0 Å². The van der Waals surface area contributed by atoms with Crippen molar-refractivity contribution < 1.29 is 4.79 Å². The van der Waals surface area contributed by atoms with Gasteiger partial charge in [-0.05, 0) is 43.7 Å². The molecule has 0 atom stereocenters. The van der Waals surface area contributed by atoms with Gasteiger partial charge in [0, 0.05) is 15.4 Å². The summed E-state index contributed by atoms with van der Waals surface area (Å²) in [6.07, 6.45) is 0. The van der Waals surface area contributed by atoms with Crippen LogP contribution in [0.2, 0.25) is 5.02 Å². The van der Waals surface area contributed by atoms with Crippen molar-refractivity contribution in [1.82, 2.24) is 5.32 Å². The minimum Gasteiger partial charge on any atom is -0.399 e. The van der Waals surface area contributed by atoms with Crippen LogP contribution in [-0.4, -0.2) is 5.91 Å². The monoisotopic (exact) mass is 294 g/mol. The van der Waals surface area contributed by atoms with Gasteiger partial charge in [-0.15, -0.1) is 11.3 Å². The molecular weight excluding hydrogens is 280 g/mol. The summed E-state index contributed by atoms with van der Waals surface area (Å²) in [6.45, 7) is 4.63. The Balaban J connectivity index is 2.07. The fourth-order valence-corrected chi connectivity index (χ4v) is 2.91. The predicted octanol–water partition coefficient (Wildman–Crippen LogP) is 3.53. The molecule has 3 nitrogen and oxygen atoms in total. The third-order valence-corrected chi connectivity index (χ3v) is 4.36. The largest absolute Gasteiger partial charge is 0.399 e. The molecule has 0 saturated heterocycles. The van der Waals surface area contributed by atoms with Crippen LogP contribution >= 0.6 is 22.9 Å². The van der Waals surface area contributed by atoms with Gasteiger partial charge in [-0.2, -0.15) is 0 Å². The topological polar surface area (TPSA) is 55.1 Å². The molecule has 0 radical (unpaired) electrons. The van der Waals surface area contributed by atoms with Crippen LogP contribution in [0.5, 0.6) is 0 Å². The normalized spacial score (nSPS) is 10.5. The van der Waals surface area contributed by atoms with Crippen molar-refractivity contribution in [2.75, 3.05) is 5.73 Å². The number of anilines is 1. The van der Waals surface area contributed by atoms with Gasteiger partial charge >= 0.3 is 0 Å². The number of thiophene rings is 1. The van der Waals surface area contributed by atoms with E-state index < -0.39 is 0 Å². The van der Waals surface area contributed by atoms with Gasteiger partial charge in [-0.3, -0.25) is 4.79 Å². The molecule has 0 aliphatic carbocycles. The zero-order chi connectivity index (χ0) is 14.0. The smallest absolute Gasteiger partial charge is 0.253 e. The van der Waals surface area contributed by atoms with E-state index in [9.17, 15) is 4.79 Å². The number of hydrogen-bond acceptors (Lipinski definition) is 3. The number of hydrogen-bond donors (Lipinski definition) is 2. The van der Waals surface area contributed by atoms with E-state index >= 15 is 0 Å². The molecule has 2 rings (SSSR count). The molecule has 5 heteroatoms. The Morgan fingerprint density at radius 2 is 2.11 bits per heavy atom. The molecule has 100 valence electrons. The van der Waals surface area contributed by atoms with Crippen LogP contribution in [0.4, 0.5) is 5.69 Å². The maximum Gasteiger partial charge on any atom is 0.253 e. The molecule has 1 aromatic heterocycles. The van der Waals surface area contributed by atoms with E-state index in [0.29, 0.717) is 22.8 Å². The highest BCUT2D eigenvalue weighted by Crippen LogP contribution is 2.21. The van der Waals surface area contributed by atoms with Gasteiger partial charge in [0.25, 0.3) is 5.91 Å².